The Bertz CT molecular complexity index is 962. The van der Waals surface area contributed by atoms with Crippen LogP contribution in [0.25, 0.3) is 10.9 Å². The minimum atomic E-state index is -1.06. The molecule has 2 N–H and O–H groups in total. The number of carbonyl (C=O) groups is 2. The lowest BCUT2D eigenvalue weighted by Crippen LogP contribution is -2.42. The van der Waals surface area contributed by atoms with Gasteiger partial charge in [0, 0.05) is 18.0 Å². The Hall–Kier alpha value is -3.21. The highest BCUT2D eigenvalue weighted by Gasteiger charge is 2.23. The molecule has 132 valence electrons. The molecule has 1 amide bonds. The molecule has 0 aliphatic carbocycles. The first-order valence-electron chi connectivity index (χ1n) is 8.39. The molecule has 0 saturated heterocycles. The smallest absolute Gasteiger partial charge is 0.326 e. The molecule has 5 heteroatoms. The number of amides is 1. The topological polar surface area (TPSA) is 79.3 Å². The summed E-state index contributed by atoms with van der Waals surface area (Å²) in [6, 6.07) is 14.0. The first-order valence-corrected chi connectivity index (χ1v) is 8.39. The summed E-state index contributed by atoms with van der Waals surface area (Å²) in [5, 5.41) is 13.0. The molecule has 0 saturated carbocycles. The summed E-state index contributed by atoms with van der Waals surface area (Å²) >= 11 is 0. The van der Waals surface area contributed by atoms with Crippen LogP contribution in [0.15, 0.2) is 54.7 Å². The van der Waals surface area contributed by atoms with Crippen LogP contribution in [0.1, 0.15) is 27.0 Å². The zero-order valence-electron chi connectivity index (χ0n) is 14.7. The van der Waals surface area contributed by atoms with Gasteiger partial charge in [-0.2, -0.15) is 0 Å². The highest BCUT2D eigenvalue weighted by atomic mass is 16.4. The SMILES string of the molecule is Cc1cccc(C)c1C[C@H](NC(=O)c1cnc2ccccc2c1)C(=O)O. The molecule has 3 rings (SSSR count). The molecule has 0 unspecified atom stereocenters. The van der Waals surface area contributed by atoms with Gasteiger partial charge in [-0.3, -0.25) is 9.78 Å². The number of rotatable bonds is 5. The normalized spacial score (nSPS) is 11.9. The van der Waals surface area contributed by atoms with E-state index in [0.717, 1.165) is 27.6 Å². The number of pyridine rings is 1. The lowest BCUT2D eigenvalue weighted by molar-refractivity contribution is -0.139. The molecule has 1 atom stereocenters. The minimum Gasteiger partial charge on any atom is -0.480 e. The molecular formula is C21H20N2O3. The van der Waals surface area contributed by atoms with Crippen LogP contribution in [-0.4, -0.2) is 28.0 Å². The summed E-state index contributed by atoms with van der Waals surface area (Å²) in [6.45, 7) is 3.88. The second kappa shape index (κ2) is 7.35. The summed E-state index contributed by atoms with van der Waals surface area (Å²) in [7, 11) is 0. The zero-order chi connectivity index (χ0) is 18.7. The predicted octanol–water partition coefficient (Wildman–Crippen LogP) is 3.28. The van der Waals surface area contributed by atoms with Crippen molar-refractivity contribution in [1.29, 1.82) is 0 Å². The number of carboxylic acid groups (broad SMARTS) is 1. The van der Waals surface area contributed by atoms with Gasteiger partial charge in [-0.1, -0.05) is 36.4 Å². The minimum absolute atomic E-state index is 0.237. The molecule has 0 fully saturated rings. The number of aromatic nitrogens is 1. The van der Waals surface area contributed by atoms with Gasteiger partial charge in [0.1, 0.15) is 6.04 Å². The highest BCUT2D eigenvalue weighted by Crippen LogP contribution is 2.17. The standard InChI is InChI=1S/C21H20N2O3/c1-13-6-5-7-14(2)17(13)11-19(21(25)26)23-20(24)16-10-15-8-3-4-9-18(15)22-12-16/h3-10,12,19H,11H2,1-2H3,(H,23,24)(H,25,26)/t19-/m0/s1. The maximum absolute atomic E-state index is 12.5. The molecule has 1 aromatic heterocycles. The largest absolute Gasteiger partial charge is 0.480 e. The third-order valence-corrected chi connectivity index (χ3v) is 4.51. The van der Waals surface area contributed by atoms with Crippen molar-refractivity contribution in [2.45, 2.75) is 26.3 Å². The lowest BCUT2D eigenvalue weighted by Gasteiger charge is -2.17. The number of nitrogens with zero attached hydrogens (tertiary/aromatic N) is 1. The van der Waals surface area contributed by atoms with E-state index in [1.165, 1.54) is 6.20 Å². The summed E-state index contributed by atoms with van der Waals surface area (Å²) in [5.74, 6) is -1.50. The number of hydrogen-bond donors (Lipinski definition) is 2. The molecule has 1 heterocycles. The third-order valence-electron chi connectivity index (χ3n) is 4.51. The summed E-state index contributed by atoms with van der Waals surface area (Å²) < 4.78 is 0. The second-order valence-electron chi connectivity index (χ2n) is 6.36. The third kappa shape index (κ3) is 3.72. The molecule has 0 aliphatic heterocycles. The molecule has 0 spiro atoms. The van der Waals surface area contributed by atoms with Gasteiger partial charge in [0.15, 0.2) is 0 Å². The Labute approximate surface area is 151 Å². The molecule has 0 radical (unpaired) electrons. The van der Waals surface area contributed by atoms with Crippen molar-refractivity contribution in [1.82, 2.24) is 10.3 Å². The van der Waals surface area contributed by atoms with E-state index < -0.39 is 17.9 Å². The van der Waals surface area contributed by atoms with Gasteiger partial charge < -0.3 is 10.4 Å². The monoisotopic (exact) mass is 348 g/mol. The molecular weight excluding hydrogens is 328 g/mol. The van der Waals surface area contributed by atoms with Gasteiger partial charge in [0.2, 0.25) is 0 Å². The van der Waals surface area contributed by atoms with Gasteiger partial charge in [0.05, 0.1) is 11.1 Å². The van der Waals surface area contributed by atoms with E-state index in [0.29, 0.717) is 5.56 Å². The number of hydrogen-bond acceptors (Lipinski definition) is 3. The number of fused-ring (bicyclic) bond motifs is 1. The van der Waals surface area contributed by atoms with E-state index in [4.69, 9.17) is 0 Å². The van der Waals surface area contributed by atoms with Crippen molar-refractivity contribution >= 4 is 22.8 Å². The molecule has 5 nitrogen and oxygen atoms in total. The Balaban J connectivity index is 1.83. The number of para-hydroxylation sites is 1. The van der Waals surface area contributed by atoms with Gasteiger partial charge >= 0.3 is 5.97 Å². The number of carbonyl (C=O) groups excluding carboxylic acids is 1. The maximum Gasteiger partial charge on any atom is 0.326 e. The quantitative estimate of drug-likeness (QED) is 0.742. The van der Waals surface area contributed by atoms with E-state index in [1.54, 1.807) is 6.07 Å². The number of carboxylic acids is 1. The van der Waals surface area contributed by atoms with Gasteiger partial charge in [-0.05, 0) is 42.7 Å². The van der Waals surface area contributed by atoms with Crippen molar-refractivity contribution in [3.8, 4) is 0 Å². The summed E-state index contributed by atoms with van der Waals surface area (Å²) in [4.78, 5) is 28.5. The summed E-state index contributed by atoms with van der Waals surface area (Å²) in [6.07, 6.45) is 1.70. The fourth-order valence-electron chi connectivity index (χ4n) is 3.01. The van der Waals surface area contributed by atoms with Crippen LogP contribution in [0.4, 0.5) is 0 Å². The number of benzene rings is 2. The summed E-state index contributed by atoms with van der Waals surface area (Å²) in [5.41, 5.74) is 4.10. The van der Waals surface area contributed by atoms with E-state index in [2.05, 4.69) is 10.3 Å². The fourth-order valence-corrected chi connectivity index (χ4v) is 3.01. The highest BCUT2D eigenvalue weighted by molar-refractivity contribution is 5.99. The predicted molar refractivity (Wildman–Crippen MR) is 100 cm³/mol. The van der Waals surface area contributed by atoms with Crippen LogP contribution in [0, 0.1) is 13.8 Å². The van der Waals surface area contributed by atoms with E-state index in [9.17, 15) is 14.7 Å². The van der Waals surface area contributed by atoms with Crippen molar-refractivity contribution in [2.24, 2.45) is 0 Å². The second-order valence-corrected chi connectivity index (χ2v) is 6.36. The fraction of sp³-hybridized carbons (Fsp3) is 0.190. The van der Waals surface area contributed by atoms with Crippen LogP contribution in [0.5, 0.6) is 0 Å². The first kappa shape index (κ1) is 17.6. The number of nitrogens with one attached hydrogen (secondary N) is 1. The van der Waals surface area contributed by atoms with Gasteiger partial charge in [-0.25, -0.2) is 4.79 Å². The molecule has 26 heavy (non-hydrogen) atoms. The van der Waals surface area contributed by atoms with Crippen molar-refractivity contribution in [3.05, 3.63) is 77.0 Å². The first-order chi connectivity index (χ1) is 12.5. The van der Waals surface area contributed by atoms with Crippen LogP contribution in [-0.2, 0) is 11.2 Å². The van der Waals surface area contributed by atoms with Crippen LogP contribution in [0.2, 0.25) is 0 Å². The average molecular weight is 348 g/mol. The van der Waals surface area contributed by atoms with Crippen LogP contribution < -0.4 is 5.32 Å². The van der Waals surface area contributed by atoms with E-state index in [1.807, 2.05) is 56.3 Å². The zero-order valence-corrected chi connectivity index (χ0v) is 14.7. The van der Waals surface area contributed by atoms with Crippen LogP contribution in [0.3, 0.4) is 0 Å². The Morgan fingerprint density at radius 2 is 1.77 bits per heavy atom. The molecule has 2 aromatic carbocycles. The van der Waals surface area contributed by atoms with Gasteiger partial charge in [-0.15, -0.1) is 0 Å². The Morgan fingerprint density at radius 3 is 2.46 bits per heavy atom. The van der Waals surface area contributed by atoms with Gasteiger partial charge in [0.25, 0.3) is 5.91 Å². The number of aliphatic carboxylic acids is 1. The Kier molecular flexibility index (Phi) is 4.98. The number of aryl methyl sites for hydroxylation is 2. The Morgan fingerprint density at radius 1 is 1.08 bits per heavy atom. The van der Waals surface area contributed by atoms with Crippen LogP contribution >= 0.6 is 0 Å². The average Bonchev–Trinajstić information content (AvgIpc) is 2.63. The lowest BCUT2D eigenvalue weighted by atomic mass is 9.96. The van der Waals surface area contributed by atoms with Crippen molar-refractivity contribution in [3.63, 3.8) is 0 Å². The molecule has 0 aliphatic rings. The van der Waals surface area contributed by atoms with Crippen molar-refractivity contribution in [2.75, 3.05) is 0 Å². The molecule has 3 aromatic rings. The van der Waals surface area contributed by atoms with E-state index in [-0.39, 0.29) is 6.42 Å². The molecule has 0 bridgehead atoms. The van der Waals surface area contributed by atoms with Crippen molar-refractivity contribution < 1.29 is 14.7 Å². The maximum atomic E-state index is 12.5. The van der Waals surface area contributed by atoms with E-state index >= 15 is 0 Å².